The number of rotatable bonds is 2. The maximum Gasteiger partial charge on any atom is 0.257 e. The highest BCUT2D eigenvalue weighted by Crippen LogP contribution is 2.40. The molecule has 3 amide bonds. The summed E-state index contributed by atoms with van der Waals surface area (Å²) in [5.41, 5.74) is 2.68. The van der Waals surface area contributed by atoms with Crippen LogP contribution in [-0.2, 0) is 29.0 Å². The van der Waals surface area contributed by atoms with Gasteiger partial charge in [0.1, 0.15) is 11.5 Å². The molecule has 0 aromatic carbocycles. The molecule has 0 spiro atoms. The van der Waals surface area contributed by atoms with Gasteiger partial charge in [0.25, 0.3) is 5.91 Å². The van der Waals surface area contributed by atoms with Crippen LogP contribution >= 0.6 is 22.7 Å². The minimum Gasteiger partial charge on any atom is -0.337 e. The Hall–Kier alpha value is -2.19. The van der Waals surface area contributed by atoms with E-state index in [-0.39, 0.29) is 24.3 Å². The number of carbonyl (C=O) groups is 3. The van der Waals surface area contributed by atoms with Crippen LogP contribution in [0.3, 0.4) is 0 Å². The van der Waals surface area contributed by atoms with Gasteiger partial charge >= 0.3 is 0 Å². The molecule has 0 atom stereocenters. The minimum absolute atomic E-state index is 0.0939. The van der Waals surface area contributed by atoms with Crippen molar-refractivity contribution in [3.63, 3.8) is 0 Å². The molecule has 8 heteroatoms. The van der Waals surface area contributed by atoms with Crippen LogP contribution < -0.4 is 4.90 Å². The van der Waals surface area contributed by atoms with Crippen molar-refractivity contribution in [3.05, 3.63) is 38.4 Å². The molecule has 0 radical (unpaired) electrons. The Kier molecular flexibility index (Phi) is 4.32. The molecular formula is C18H19N3O3S2. The fourth-order valence-corrected chi connectivity index (χ4v) is 5.42. The molecule has 26 heavy (non-hydrogen) atoms. The van der Waals surface area contributed by atoms with Crippen LogP contribution in [0, 0.1) is 0 Å². The normalized spacial score (nSPS) is 17.2. The third-order valence-electron chi connectivity index (χ3n) is 4.94. The first-order valence-corrected chi connectivity index (χ1v) is 10.2. The van der Waals surface area contributed by atoms with Gasteiger partial charge in [-0.2, -0.15) is 11.3 Å². The summed E-state index contributed by atoms with van der Waals surface area (Å²) in [6.07, 6.45) is 1.06. The van der Waals surface area contributed by atoms with Gasteiger partial charge in [-0.15, -0.1) is 11.3 Å². The fourth-order valence-electron chi connectivity index (χ4n) is 3.42. The average Bonchev–Trinajstić information content (AvgIpc) is 3.24. The summed E-state index contributed by atoms with van der Waals surface area (Å²) in [7, 11) is 3.38. The Labute approximate surface area is 159 Å². The summed E-state index contributed by atoms with van der Waals surface area (Å²) in [4.78, 5) is 43.6. The molecule has 2 aromatic rings. The third-order valence-corrected chi connectivity index (χ3v) is 6.96. The second-order valence-corrected chi connectivity index (χ2v) is 8.54. The van der Waals surface area contributed by atoms with Gasteiger partial charge in [0, 0.05) is 25.5 Å². The predicted molar refractivity (Wildman–Crippen MR) is 102 cm³/mol. The topological polar surface area (TPSA) is 60.9 Å². The van der Waals surface area contributed by atoms with Gasteiger partial charge in [-0.05, 0) is 34.4 Å². The lowest BCUT2D eigenvalue weighted by molar-refractivity contribution is -0.131. The van der Waals surface area contributed by atoms with E-state index in [2.05, 4.69) is 0 Å². The Morgan fingerprint density at radius 1 is 1.23 bits per heavy atom. The molecule has 0 saturated heterocycles. The zero-order chi connectivity index (χ0) is 18.4. The summed E-state index contributed by atoms with van der Waals surface area (Å²) < 4.78 is 0. The second kappa shape index (κ2) is 6.51. The van der Waals surface area contributed by atoms with Crippen LogP contribution in [0.2, 0.25) is 0 Å². The maximum absolute atomic E-state index is 12.8. The maximum atomic E-state index is 12.8. The largest absolute Gasteiger partial charge is 0.337 e. The van der Waals surface area contributed by atoms with Gasteiger partial charge in [0.05, 0.1) is 18.5 Å². The first kappa shape index (κ1) is 17.2. The lowest BCUT2D eigenvalue weighted by Crippen LogP contribution is -2.37. The first-order chi connectivity index (χ1) is 12.5. The molecule has 0 bridgehead atoms. The molecule has 0 aliphatic carbocycles. The second-order valence-electron chi connectivity index (χ2n) is 6.67. The lowest BCUT2D eigenvalue weighted by atomic mass is 10.0. The SMILES string of the molecule is CN1CC(=O)N(C)c2sc3c(c2C1=O)CCN(C(=O)Cc1ccsc1)C3. The number of anilines is 1. The van der Waals surface area contributed by atoms with Crippen molar-refractivity contribution in [2.24, 2.45) is 0 Å². The zero-order valence-corrected chi connectivity index (χ0v) is 16.3. The summed E-state index contributed by atoms with van der Waals surface area (Å²) in [5.74, 6) is -0.0950. The van der Waals surface area contributed by atoms with E-state index in [1.165, 1.54) is 16.2 Å². The number of nitrogens with zero attached hydrogens (tertiary/aromatic N) is 3. The summed E-state index contributed by atoms with van der Waals surface area (Å²) in [5, 5.41) is 4.68. The molecule has 6 nitrogen and oxygen atoms in total. The smallest absolute Gasteiger partial charge is 0.257 e. The predicted octanol–water partition coefficient (Wildman–Crippen LogP) is 1.99. The van der Waals surface area contributed by atoms with Crippen LogP contribution in [0.15, 0.2) is 16.8 Å². The van der Waals surface area contributed by atoms with Crippen molar-refractivity contribution >= 4 is 45.4 Å². The fraction of sp³-hybridized carbons (Fsp3) is 0.389. The number of hydrogen-bond acceptors (Lipinski definition) is 5. The Balaban J connectivity index is 1.62. The van der Waals surface area contributed by atoms with E-state index in [1.54, 1.807) is 30.3 Å². The van der Waals surface area contributed by atoms with Crippen molar-refractivity contribution in [3.8, 4) is 0 Å². The first-order valence-electron chi connectivity index (χ1n) is 8.41. The molecule has 4 rings (SSSR count). The van der Waals surface area contributed by atoms with Crippen LogP contribution in [-0.4, -0.2) is 54.7 Å². The van der Waals surface area contributed by atoms with Gasteiger partial charge in [-0.25, -0.2) is 0 Å². The Morgan fingerprint density at radius 3 is 2.77 bits per heavy atom. The van der Waals surface area contributed by atoms with Gasteiger partial charge in [0.2, 0.25) is 11.8 Å². The van der Waals surface area contributed by atoms with E-state index >= 15 is 0 Å². The molecular weight excluding hydrogens is 370 g/mol. The summed E-state index contributed by atoms with van der Waals surface area (Å²) >= 11 is 3.05. The number of carbonyl (C=O) groups excluding carboxylic acids is 3. The highest BCUT2D eigenvalue weighted by atomic mass is 32.1. The third kappa shape index (κ3) is 2.83. The minimum atomic E-state index is -0.103. The molecule has 2 aromatic heterocycles. The number of fused-ring (bicyclic) bond motifs is 3. The number of thiophene rings is 2. The van der Waals surface area contributed by atoms with Crippen molar-refractivity contribution in [2.75, 3.05) is 32.1 Å². The van der Waals surface area contributed by atoms with Crippen LogP contribution in [0.4, 0.5) is 5.00 Å². The highest BCUT2D eigenvalue weighted by Gasteiger charge is 2.36. The van der Waals surface area contributed by atoms with Gasteiger partial charge < -0.3 is 14.7 Å². The summed E-state index contributed by atoms with van der Waals surface area (Å²) in [6.45, 7) is 1.21. The molecule has 0 unspecified atom stereocenters. The standard InChI is InChI=1S/C18H19N3O3S2/c1-19-9-15(23)20(2)18-16(17(19)24)12-3-5-21(8-13(12)26-18)14(22)7-11-4-6-25-10-11/h4,6,10H,3,5,7-9H2,1-2H3. The zero-order valence-electron chi connectivity index (χ0n) is 14.7. The van der Waals surface area contributed by atoms with E-state index in [1.807, 2.05) is 21.7 Å². The van der Waals surface area contributed by atoms with Crippen molar-refractivity contribution < 1.29 is 14.4 Å². The highest BCUT2D eigenvalue weighted by molar-refractivity contribution is 7.17. The molecule has 4 heterocycles. The van der Waals surface area contributed by atoms with Crippen molar-refractivity contribution in [1.82, 2.24) is 9.80 Å². The van der Waals surface area contributed by atoms with Gasteiger partial charge in [0.15, 0.2) is 0 Å². The molecule has 136 valence electrons. The monoisotopic (exact) mass is 389 g/mol. The Morgan fingerprint density at radius 2 is 2.04 bits per heavy atom. The van der Waals surface area contributed by atoms with E-state index in [4.69, 9.17) is 0 Å². The number of amides is 3. The molecule has 0 fully saturated rings. The molecule has 0 N–H and O–H groups in total. The van der Waals surface area contributed by atoms with Crippen LogP contribution in [0.25, 0.3) is 0 Å². The molecule has 2 aliphatic heterocycles. The van der Waals surface area contributed by atoms with Crippen LogP contribution in [0.1, 0.15) is 26.4 Å². The van der Waals surface area contributed by atoms with E-state index in [9.17, 15) is 14.4 Å². The Bertz CT molecular complexity index is 888. The van der Waals surface area contributed by atoms with E-state index in [0.29, 0.717) is 36.5 Å². The van der Waals surface area contributed by atoms with Crippen LogP contribution in [0.5, 0.6) is 0 Å². The lowest BCUT2D eigenvalue weighted by Gasteiger charge is -2.27. The van der Waals surface area contributed by atoms with Gasteiger partial charge in [-0.1, -0.05) is 0 Å². The number of likely N-dealkylation sites (N-methyl/N-ethyl adjacent to an activating group) is 2. The quantitative estimate of drug-likeness (QED) is 0.789. The summed E-state index contributed by atoms with van der Waals surface area (Å²) in [6, 6.07) is 1.97. The van der Waals surface area contributed by atoms with Gasteiger partial charge in [-0.3, -0.25) is 14.4 Å². The average molecular weight is 390 g/mol. The van der Waals surface area contributed by atoms with Crippen molar-refractivity contribution in [2.45, 2.75) is 19.4 Å². The number of hydrogen-bond donors (Lipinski definition) is 0. The van der Waals surface area contributed by atoms with Crippen molar-refractivity contribution in [1.29, 1.82) is 0 Å². The molecule has 0 saturated carbocycles. The van der Waals surface area contributed by atoms with E-state index in [0.717, 1.165) is 16.0 Å². The van der Waals surface area contributed by atoms with E-state index < -0.39 is 0 Å². The molecule has 2 aliphatic rings.